The van der Waals surface area contributed by atoms with Gasteiger partial charge in [0, 0.05) is 50.3 Å². The predicted octanol–water partition coefficient (Wildman–Crippen LogP) is -1.19. The summed E-state index contributed by atoms with van der Waals surface area (Å²) in [4.78, 5) is 0. The minimum absolute atomic E-state index is 0. The number of hydrogen-bond acceptors (Lipinski definition) is 0. The molecular formula is H3CoGaMnNi. The van der Waals surface area contributed by atoms with Gasteiger partial charge in [0.05, 0.1) is 0 Å². The number of rotatable bonds is 0. The Hall–Kier alpha value is 2.16. The van der Waals surface area contributed by atoms with Gasteiger partial charge in [-0.1, -0.05) is 0 Å². The van der Waals surface area contributed by atoms with Crippen LogP contribution < -0.4 is 0 Å². The molecule has 0 aliphatic rings. The van der Waals surface area contributed by atoms with Gasteiger partial charge in [-0.3, -0.25) is 0 Å². The molecule has 0 amide bonds. The van der Waals surface area contributed by atoms with E-state index < -0.39 is 0 Å². The van der Waals surface area contributed by atoms with E-state index >= 15 is 0 Å². The quantitative estimate of drug-likeness (QED) is 0.471. The van der Waals surface area contributed by atoms with Crippen LogP contribution in [0.25, 0.3) is 0 Å². The van der Waals surface area contributed by atoms with Gasteiger partial charge in [-0.2, -0.15) is 0 Å². The molecule has 0 heterocycles. The van der Waals surface area contributed by atoms with E-state index in [0.29, 0.717) is 0 Å². The third-order valence-electron chi connectivity index (χ3n) is 0. The molecule has 0 rings (SSSR count). The van der Waals surface area contributed by atoms with Crippen LogP contribution in [0.5, 0.6) is 0 Å². The van der Waals surface area contributed by atoms with Crippen LogP contribution in [0.1, 0.15) is 0 Å². The summed E-state index contributed by atoms with van der Waals surface area (Å²) in [6.45, 7) is 0. The summed E-state index contributed by atoms with van der Waals surface area (Å²) in [5.41, 5.74) is 0. The molecule has 0 bridgehead atoms. The Balaban J connectivity index is 0. The van der Waals surface area contributed by atoms with Crippen LogP contribution in [0.3, 0.4) is 0 Å². The van der Waals surface area contributed by atoms with E-state index in [0.717, 1.165) is 0 Å². The molecular weight excluding hydrogens is 242 g/mol. The van der Waals surface area contributed by atoms with Gasteiger partial charge in [0.1, 0.15) is 0 Å². The fourth-order valence-corrected chi connectivity index (χ4v) is 0. The van der Waals surface area contributed by atoms with Crippen LogP contribution >= 0.6 is 0 Å². The molecule has 32 valence electrons. The first-order chi connectivity index (χ1) is 0. The standard InChI is InChI=1S/Co.Ga.Mn.Ni.3H. The van der Waals surface area contributed by atoms with Crippen molar-refractivity contribution in [1.29, 1.82) is 0 Å². The van der Waals surface area contributed by atoms with E-state index in [1.165, 1.54) is 0 Å². The number of hydrogen-bond donors (Lipinski definition) is 0. The van der Waals surface area contributed by atoms with Crippen LogP contribution in [0, 0.1) is 0 Å². The fraction of sp³-hybridized carbons (Fsp3) is 0. The summed E-state index contributed by atoms with van der Waals surface area (Å²) in [5.74, 6) is 0. The summed E-state index contributed by atoms with van der Waals surface area (Å²) < 4.78 is 0. The summed E-state index contributed by atoms with van der Waals surface area (Å²) in [6, 6.07) is 0. The molecule has 4 heavy (non-hydrogen) atoms. The zero-order valence-corrected chi connectivity index (χ0v) is 4.24. The molecule has 0 spiro atoms. The van der Waals surface area contributed by atoms with Gasteiger partial charge in [-0.05, 0) is 0 Å². The predicted molar refractivity (Wildman–Crippen MR) is 9.94 cm³/mol. The van der Waals surface area contributed by atoms with Crippen molar-refractivity contribution in [3.63, 3.8) is 0 Å². The van der Waals surface area contributed by atoms with Gasteiger partial charge in [0.2, 0.25) is 0 Å². The maximum Gasteiger partial charge on any atom is 0 e. The molecule has 0 aliphatic heterocycles. The van der Waals surface area contributed by atoms with Crippen LogP contribution in [-0.2, 0) is 50.3 Å². The fourth-order valence-electron chi connectivity index (χ4n) is 0. The molecule has 4 heteroatoms. The topological polar surface area (TPSA) is 0 Å². The molecule has 0 unspecified atom stereocenters. The molecule has 0 atom stereocenters. The largest absolute Gasteiger partial charge is 0 e. The van der Waals surface area contributed by atoms with Gasteiger partial charge in [-0.25, -0.2) is 0 Å². The Morgan fingerprint density at radius 2 is 1.00 bits per heavy atom. The summed E-state index contributed by atoms with van der Waals surface area (Å²) in [6.07, 6.45) is 0. The Kier molecular flexibility index (Phi) is 169. The third-order valence-corrected chi connectivity index (χ3v) is 0. The van der Waals surface area contributed by atoms with Crippen LogP contribution in [0.4, 0.5) is 0 Å². The first kappa shape index (κ1) is 35.2. The van der Waals surface area contributed by atoms with Crippen molar-refractivity contribution in [2.75, 3.05) is 0 Å². The van der Waals surface area contributed by atoms with E-state index in [9.17, 15) is 0 Å². The van der Waals surface area contributed by atoms with Crippen molar-refractivity contribution >= 4 is 19.8 Å². The zero-order valence-electron chi connectivity index (χ0n) is 1.03. The first-order valence-corrected chi connectivity index (χ1v) is 0. The molecule has 0 aromatic carbocycles. The van der Waals surface area contributed by atoms with Crippen molar-refractivity contribution in [2.45, 2.75) is 0 Å². The van der Waals surface area contributed by atoms with E-state index in [2.05, 4.69) is 0 Å². The molecule has 0 N–H and O–H groups in total. The summed E-state index contributed by atoms with van der Waals surface area (Å²) in [7, 11) is 0. The third kappa shape index (κ3) is 8.91. The minimum Gasteiger partial charge on any atom is 0 e. The normalized spacial score (nSPS) is 0. The second-order valence-corrected chi connectivity index (χ2v) is 0. The van der Waals surface area contributed by atoms with Crippen LogP contribution in [0.15, 0.2) is 0 Å². The monoisotopic (exact) mass is 244 g/mol. The Morgan fingerprint density at radius 1 is 1.00 bits per heavy atom. The minimum atomic E-state index is 0. The maximum absolute atomic E-state index is 0. The molecule has 0 aromatic heterocycles. The van der Waals surface area contributed by atoms with Crippen molar-refractivity contribution < 1.29 is 50.3 Å². The maximum atomic E-state index is 0. The second-order valence-electron chi connectivity index (χ2n) is 0. The Morgan fingerprint density at radius 3 is 1.00 bits per heavy atom. The van der Waals surface area contributed by atoms with E-state index in [1.54, 1.807) is 0 Å². The Bertz CT molecular complexity index is 8.00. The molecule has 0 fully saturated rings. The smallest absolute Gasteiger partial charge is 0 e. The first-order valence-electron chi connectivity index (χ1n) is 0. The van der Waals surface area contributed by atoms with Crippen molar-refractivity contribution in [3.8, 4) is 0 Å². The zero-order chi connectivity index (χ0) is 0. The van der Waals surface area contributed by atoms with Gasteiger partial charge in [-0.15, -0.1) is 0 Å². The van der Waals surface area contributed by atoms with Crippen LogP contribution in [-0.4, -0.2) is 19.8 Å². The van der Waals surface area contributed by atoms with E-state index in [1.807, 2.05) is 0 Å². The van der Waals surface area contributed by atoms with Crippen molar-refractivity contribution in [1.82, 2.24) is 0 Å². The van der Waals surface area contributed by atoms with E-state index in [-0.39, 0.29) is 70.1 Å². The average Bonchev–Trinajstić information content (AvgIpc) is 0. The Labute approximate surface area is 69.5 Å². The molecule has 0 saturated carbocycles. The van der Waals surface area contributed by atoms with E-state index in [4.69, 9.17) is 0 Å². The SMILES string of the molecule is [Co].[GaH3].[Mn].[Ni]. The van der Waals surface area contributed by atoms with Crippen molar-refractivity contribution in [3.05, 3.63) is 0 Å². The van der Waals surface area contributed by atoms with Gasteiger partial charge < -0.3 is 0 Å². The molecule has 2 radical (unpaired) electrons. The van der Waals surface area contributed by atoms with Gasteiger partial charge in [0.15, 0.2) is 0 Å². The summed E-state index contributed by atoms with van der Waals surface area (Å²) >= 11 is 0. The second kappa shape index (κ2) is 19.2. The molecule has 0 aromatic rings. The molecule has 0 saturated heterocycles. The van der Waals surface area contributed by atoms with Gasteiger partial charge >= 0.3 is 19.8 Å². The molecule has 0 aliphatic carbocycles. The van der Waals surface area contributed by atoms with Crippen molar-refractivity contribution in [2.24, 2.45) is 0 Å². The summed E-state index contributed by atoms with van der Waals surface area (Å²) in [5, 5.41) is 0. The molecule has 0 nitrogen and oxygen atoms in total. The average molecular weight is 245 g/mol. The van der Waals surface area contributed by atoms with Crippen LogP contribution in [0.2, 0.25) is 0 Å². The van der Waals surface area contributed by atoms with Gasteiger partial charge in [0.25, 0.3) is 0 Å².